The van der Waals surface area contributed by atoms with Crippen LogP contribution in [0.2, 0.25) is 0 Å². The third kappa shape index (κ3) is 4.16. The van der Waals surface area contributed by atoms with E-state index in [4.69, 9.17) is 5.14 Å². The summed E-state index contributed by atoms with van der Waals surface area (Å²) in [4.78, 5) is 1.37. The molecular formula is C16H16N2O3S2. The molecule has 7 heteroatoms. The monoisotopic (exact) mass is 348 g/mol. The highest BCUT2D eigenvalue weighted by Gasteiger charge is 2.17. The first-order chi connectivity index (χ1) is 10.9. The van der Waals surface area contributed by atoms with E-state index < -0.39 is 10.2 Å². The lowest BCUT2D eigenvalue weighted by Crippen LogP contribution is -2.22. The van der Waals surface area contributed by atoms with Crippen molar-refractivity contribution in [3.05, 3.63) is 60.7 Å². The van der Waals surface area contributed by atoms with Crippen molar-refractivity contribution < 1.29 is 13.5 Å². The molecule has 2 aromatic rings. The minimum Gasteiger partial charge on any atom is -0.506 e. The Morgan fingerprint density at radius 3 is 2.26 bits per heavy atom. The van der Waals surface area contributed by atoms with Gasteiger partial charge in [-0.3, -0.25) is 4.72 Å². The Kier molecular flexibility index (Phi) is 5.15. The molecule has 4 N–H and O–H groups in total. The lowest BCUT2D eigenvalue weighted by atomic mass is 10.0. The molecule has 0 spiro atoms. The van der Waals surface area contributed by atoms with Gasteiger partial charge in [0, 0.05) is 16.0 Å². The molecule has 0 atom stereocenters. The summed E-state index contributed by atoms with van der Waals surface area (Å²) in [6.07, 6.45) is 2.87. The second-order valence-corrected chi connectivity index (χ2v) is 6.98. The van der Waals surface area contributed by atoms with Crippen LogP contribution in [0.1, 0.15) is 11.1 Å². The molecule has 2 aromatic carbocycles. The van der Waals surface area contributed by atoms with E-state index in [2.05, 4.69) is 17.9 Å². The molecule has 0 radical (unpaired) electrons. The summed E-state index contributed by atoms with van der Waals surface area (Å²) in [6, 6.07) is 10.9. The maximum atomic E-state index is 11.4. The summed E-state index contributed by atoms with van der Waals surface area (Å²) >= 11 is 1.30. The van der Waals surface area contributed by atoms with Gasteiger partial charge in [-0.1, -0.05) is 55.3 Å². The summed E-state index contributed by atoms with van der Waals surface area (Å²) in [5.74, 6) is 0.00345. The van der Waals surface area contributed by atoms with Gasteiger partial charge in [0.05, 0.1) is 10.6 Å². The van der Waals surface area contributed by atoms with Crippen molar-refractivity contribution in [3.8, 4) is 5.75 Å². The van der Waals surface area contributed by atoms with Gasteiger partial charge < -0.3 is 5.11 Å². The van der Waals surface area contributed by atoms with Crippen LogP contribution in [0.15, 0.2) is 59.3 Å². The normalized spacial score (nSPS) is 11.0. The molecule has 2 rings (SSSR count). The van der Waals surface area contributed by atoms with E-state index in [1.807, 2.05) is 30.3 Å². The molecule has 23 heavy (non-hydrogen) atoms. The van der Waals surface area contributed by atoms with Gasteiger partial charge >= 0.3 is 0 Å². The molecule has 0 heterocycles. The molecule has 0 amide bonds. The predicted molar refractivity (Wildman–Crippen MR) is 95.6 cm³/mol. The van der Waals surface area contributed by atoms with Gasteiger partial charge in [0.25, 0.3) is 10.2 Å². The summed E-state index contributed by atoms with van der Waals surface area (Å²) in [7, 11) is -3.96. The van der Waals surface area contributed by atoms with E-state index >= 15 is 0 Å². The fourth-order valence-electron chi connectivity index (χ4n) is 2.04. The van der Waals surface area contributed by atoms with Gasteiger partial charge in [0.15, 0.2) is 0 Å². The first-order valence-corrected chi connectivity index (χ1v) is 8.90. The van der Waals surface area contributed by atoms with E-state index in [1.165, 1.54) is 30.0 Å². The molecule has 120 valence electrons. The van der Waals surface area contributed by atoms with Crippen molar-refractivity contribution in [2.75, 3.05) is 4.72 Å². The molecule has 0 aliphatic carbocycles. The number of phenolic OH excluding ortho intramolecular Hbond substituents is 1. The third-order valence-electron chi connectivity index (χ3n) is 2.98. The predicted octanol–water partition coefficient (Wildman–Crippen LogP) is 3.44. The fourth-order valence-corrected chi connectivity index (χ4v) is 3.45. The Morgan fingerprint density at radius 1 is 1.13 bits per heavy atom. The fraction of sp³-hybridized carbons (Fsp3) is 0. The molecule has 0 bridgehead atoms. The van der Waals surface area contributed by atoms with Crippen LogP contribution in [0, 0.1) is 0 Å². The summed E-state index contributed by atoms with van der Waals surface area (Å²) in [5, 5.41) is 15.5. The number of hydrogen-bond donors (Lipinski definition) is 3. The number of nitrogens with two attached hydrogens (primary N) is 1. The van der Waals surface area contributed by atoms with Crippen molar-refractivity contribution in [1.82, 2.24) is 0 Å². The molecule has 0 aliphatic heterocycles. The number of hydrogen-bond acceptors (Lipinski definition) is 4. The zero-order chi connectivity index (χ0) is 17.0. The average Bonchev–Trinajstić information content (AvgIpc) is 2.49. The van der Waals surface area contributed by atoms with Crippen LogP contribution in [-0.4, -0.2) is 13.5 Å². The second kappa shape index (κ2) is 6.91. The first kappa shape index (κ1) is 17.1. The quantitative estimate of drug-likeness (QED) is 0.697. The molecule has 0 aliphatic rings. The minimum absolute atomic E-state index is 0.00345. The zero-order valence-electron chi connectivity index (χ0n) is 12.2. The highest BCUT2D eigenvalue weighted by atomic mass is 32.2. The van der Waals surface area contributed by atoms with Gasteiger partial charge in [-0.2, -0.15) is 8.42 Å². The number of anilines is 1. The second-order valence-electron chi connectivity index (χ2n) is 4.57. The van der Waals surface area contributed by atoms with Crippen LogP contribution in [0.3, 0.4) is 0 Å². The lowest BCUT2D eigenvalue weighted by Gasteiger charge is -2.15. The van der Waals surface area contributed by atoms with Gasteiger partial charge in [-0.15, -0.1) is 0 Å². The first-order valence-electron chi connectivity index (χ1n) is 6.54. The number of benzene rings is 2. The van der Waals surface area contributed by atoms with Crippen molar-refractivity contribution >= 4 is 39.8 Å². The Morgan fingerprint density at radius 2 is 1.74 bits per heavy atom. The lowest BCUT2D eigenvalue weighted by molar-refractivity contribution is 0.461. The van der Waals surface area contributed by atoms with Crippen LogP contribution in [0.4, 0.5) is 5.69 Å². The average molecular weight is 348 g/mol. The van der Waals surface area contributed by atoms with Crippen molar-refractivity contribution in [3.63, 3.8) is 0 Å². The van der Waals surface area contributed by atoms with E-state index in [-0.39, 0.29) is 11.4 Å². The van der Waals surface area contributed by atoms with E-state index in [0.717, 1.165) is 4.90 Å². The van der Waals surface area contributed by atoms with Crippen molar-refractivity contribution in [1.29, 1.82) is 0 Å². The SMILES string of the molecule is C=Cc1c(NS(N)(=O)=O)cc(Sc2ccccc2)c(O)c1C=C. The Labute approximate surface area is 139 Å². The topological polar surface area (TPSA) is 92.4 Å². The van der Waals surface area contributed by atoms with Crippen LogP contribution in [0.25, 0.3) is 12.2 Å². The number of rotatable bonds is 6. The minimum atomic E-state index is -3.96. The van der Waals surface area contributed by atoms with Crippen molar-refractivity contribution in [2.45, 2.75) is 9.79 Å². The molecule has 5 nitrogen and oxygen atoms in total. The Bertz CT molecular complexity index is 847. The van der Waals surface area contributed by atoms with E-state index in [9.17, 15) is 13.5 Å². The molecular weight excluding hydrogens is 332 g/mol. The van der Waals surface area contributed by atoms with Gasteiger partial charge in [0.1, 0.15) is 5.75 Å². The van der Waals surface area contributed by atoms with E-state index in [0.29, 0.717) is 16.0 Å². The van der Waals surface area contributed by atoms with Gasteiger partial charge in [-0.05, 0) is 18.2 Å². The van der Waals surface area contributed by atoms with Crippen molar-refractivity contribution in [2.24, 2.45) is 5.14 Å². The third-order valence-corrected chi connectivity index (χ3v) is 4.52. The maximum absolute atomic E-state index is 11.4. The molecule has 0 unspecified atom stereocenters. The van der Waals surface area contributed by atoms with Crippen LogP contribution >= 0.6 is 11.8 Å². The highest BCUT2D eigenvalue weighted by molar-refractivity contribution is 7.99. The number of nitrogens with one attached hydrogen (secondary N) is 1. The van der Waals surface area contributed by atoms with Crippen LogP contribution in [-0.2, 0) is 10.2 Å². The molecule has 0 aromatic heterocycles. The maximum Gasteiger partial charge on any atom is 0.296 e. The summed E-state index contributed by atoms with van der Waals surface area (Å²) in [5.41, 5.74) is 1.02. The molecule has 0 saturated heterocycles. The molecule has 0 fully saturated rings. The van der Waals surface area contributed by atoms with Crippen LogP contribution < -0.4 is 9.86 Å². The van der Waals surface area contributed by atoms with E-state index in [1.54, 1.807) is 0 Å². The van der Waals surface area contributed by atoms with Gasteiger partial charge in [-0.25, -0.2) is 5.14 Å². The number of aromatic hydroxyl groups is 1. The Balaban J connectivity index is 2.60. The smallest absolute Gasteiger partial charge is 0.296 e. The summed E-state index contributed by atoms with van der Waals surface area (Å²) < 4.78 is 25.0. The zero-order valence-corrected chi connectivity index (χ0v) is 13.8. The Hall–Kier alpha value is -2.22. The summed E-state index contributed by atoms with van der Waals surface area (Å²) in [6.45, 7) is 7.30. The largest absolute Gasteiger partial charge is 0.506 e. The highest BCUT2D eigenvalue weighted by Crippen LogP contribution is 2.42. The standard InChI is InChI=1S/C16H16N2O3S2/c1-3-12-13(4-2)16(19)15(10-14(12)18-23(17,20)21)22-11-8-6-5-7-9-11/h3-10,18-19H,1-2H2,(H2,17,20,21). The molecule has 0 saturated carbocycles. The van der Waals surface area contributed by atoms with Crippen LogP contribution in [0.5, 0.6) is 5.75 Å². The number of phenols is 1. The van der Waals surface area contributed by atoms with Gasteiger partial charge in [0.2, 0.25) is 0 Å².